The summed E-state index contributed by atoms with van der Waals surface area (Å²) in [5.74, 6) is -0.147. The van der Waals surface area contributed by atoms with Crippen LogP contribution in [0.2, 0.25) is 5.02 Å². The molecule has 1 saturated heterocycles. The second-order valence-corrected chi connectivity index (χ2v) is 8.28. The molecule has 1 aromatic heterocycles. The maximum absolute atomic E-state index is 12.7. The predicted molar refractivity (Wildman–Crippen MR) is 113 cm³/mol. The van der Waals surface area contributed by atoms with Gasteiger partial charge in [-0.15, -0.1) is 11.3 Å². The lowest BCUT2D eigenvalue weighted by Crippen LogP contribution is -2.44. The Morgan fingerprint density at radius 3 is 2.68 bits per heavy atom. The van der Waals surface area contributed by atoms with Crippen molar-refractivity contribution in [3.05, 3.63) is 76.3 Å². The fraction of sp³-hybridized carbons (Fsp3) is 0.273. The normalized spacial score (nSPS) is 15.9. The first-order valence-electron chi connectivity index (χ1n) is 9.29. The lowest BCUT2D eigenvalue weighted by Gasteiger charge is -2.37. The summed E-state index contributed by atoms with van der Waals surface area (Å²) in [5.41, 5.74) is 2.51. The van der Waals surface area contributed by atoms with Crippen LogP contribution < -0.4 is 5.32 Å². The summed E-state index contributed by atoms with van der Waals surface area (Å²) < 4.78 is 5.57. The monoisotopic (exact) mass is 412 g/mol. The van der Waals surface area contributed by atoms with E-state index >= 15 is 0 Å². The number of aromatic nitrogens is 1. The Labute approximate surface area is 173 Å². The summed E-state index contributed by atoms with van der Waals surface area (Å²) in [6.45, 7) is 1.99. The molecule has 0 atom stereocenters. The van der Waals surface area contributed by atoms with Gasteiger partial charge in [0.15, 0.2) is 0 Å². The predicted octanol–water partition coefficient (Wildman–Crippen LogP) is 4.94. The van der Waals surface area contributed by atoms with Gasteiger partial charge in [-0.05, 0) is 30.5 Å². The second kappa shape index (κ2) is 8.43. The Balaban J connectivity index is 1.49. The number of hydrogen-bond donors (Lipinski definition) is 1. The number of carbonyl (C=O) groups is 1. The van der Waals surface area contributed by atoms with Gasteiger partial charge in [-0.25, -0.2) is 4.98 Å². The van der Waals surface area contributed by atoms with E-state index in [9.17, 15) is 4.79 Å². The lowest BCUT2D eigenvalue weighted by molar-refractivity contribution is 0.0487. The first-order chi connectivity index (χ1) is 13.7. The number of thiazole rings is 1. The van der Waals surface area contributed by atoms with E-state index in [4.69, 9.17) is 16.3 Å². The van der Waals surface area contributed by atoms with Gasteiger partial charge < -0.3 is 10.1 Å². The zero-order valence-electron chi connectivity index (χ0n) is 15.4. The molecule has 3 aromatic rings. The van der Waals surface area contributed by atoms with E-state index in [1.807, 2.05) is 42.5 Å². The van der Waals surface area contributed by atoms with E-state index in [1.54, 1.807) is 5.38 Å². The highest BCUT2D eigenvalue weighted by Crippen LogP contribution is 2.34. The molecule has 1 N–H and O–H groups in total. The van der Waals surface area contributed by atoms with E-state index in [-0.39, 0.29) is 11.3 Å². The molecular weight excluding hydrogens is 392 g/mol. The van der Waals surface area contributed by atoms with Gasteiger partial charge in [0.1, 0.15) is 10.7 Å². The first-order valence-corrected chi connectivity index (χ1v) is 10.6. The van der Waals surface area contributed by atoms with Gasteiger partial charge in [0, 0.05) is 41.1 Å². The quantitative estimate of drug-likeness (QED) is 0.645. The van der Waals surface area contributed by atoms with Gasteiger partial charge in [-0.1, -0.05) is 54.1 Å². The van der Waals surface area contributed by atoms with E-state index in [1.165, 1.54) is 16.9 Å². The fourth-order valence-electron chi connectivity index (χ4n) is 3.59. The summed E-state index contributed by atoms with van der Waals surface area (Å²) in [6.07, 6.45) is 1.78. The maximum Gasteiger partial charge on any atom is 0.270 e. The minimum Gasteiger partial charge on any atom is -0.381 e. The van der Waals surface area contributed by atoms with E-state index < -0.39 is 0 Å². The third-order valence-electron chi connectivity index (χ3n) is 5.23. The molecule has 0 unspecified atom stereocenters. The van der Waals surface area contributed by atoms with Crippen molar-refractivity contribution in [3.63, 3.8) is 0 Å². The van der Waals surface area contributed by atoms with Crippen molar-refractivity contribution < 1.29 is 9.53 Å². The molecule has 4 rings (SSSR count). The molecule has 6 heteroatoms. The molecule has 0 radical (unpaired) electrons. The molecule has 1 fully saturated rings. The Kier molecular flexibility index (Phi) is 5.76. The zero-order valence-corrected chi connectivity index (χ0v) is 16.9. The number of hydrogen-bond acceptors (Lipinski definition) is 4. The number of amides is 1. The van der Waals surface area contributed by atoms with Gasteiger partial charge in [0.2, 0.25) is 0 Å². The SMILES string of the molecule is O=C(NCC1(c2ccccc2)CCOCC1)c1csc(-c2cccc(Cl)c2)n1. The standard InChI is InChI=1S/C22H21ClN2O2S/c23-18-8-4-5-16(13-18)21-25-19(14-28-21)20(26)24-15-22(9-11-27-12-10-22)17-6-2-1-3-7-17/h1-8,13-14H,9-12,15H2,(H,24,26). The van der Waals surface area contributed by atoms with Crippen molar-refractivity contribution in [2.24, 2.45) is 0 Å². The molecule has 4 nitrogen and oxygen atoms in total. The van der Waals surface area contributed by atoms with Crippen molar-refractivity contribution in [2.75, 3.05) is 19.8 Å². The molecule has 1 amide bonds. The van der Waals surface area contributed by atoms with Crippen molar-refractivity contribution in [1.82, 2.24) is 10.3 Å². The largest absolute Gasteiger partial charge is 0.381 e. The topological polar surface area (TPSA) is 51.2 Å². The number of nitrogens with zero attached hydrogens (tertiary/aromatic N) is 1. The Hall–Kier alpha value is -2.21. The molecule has 1 aliphatic heterocycles. The highest BCUT2D eigenvalue weighted by molar-refractivity contribution is 7.13. The van der Waals surface area contributed by atoms with Crippen LogP contribution in [0.25, 0.3) is 10.6 Å². The lowest BCUT2D eigenvalue weighted by atomic mass is 9.74. The fourth-order valence-corrected chi connectivity index (χ4v) is 4.58. The molecule has 144 valence electrons. The Morgan fingerprint density at radius 2 is 1.93 bits per heavy atom. The average molecular weight is 413 g/mol. The molecule has 2 aromatic carbocycles. The summed E-state index contributed by atoms with van der Waals surface area (Å²) in [5, 5.41) is 6.35. The number of ether oxygens (including phenoxy) is 1. The number of halogens is 1. The van der Waals surface area contributed by atoms with Crippen molar-refractivity contribution >= 4 is 28.8 Å². The van der Waals surface area contributed by atoms with Crippen LogP contribution in [0.15, 0.2) is 60.0 Å². The summed E-state index contributed by atoms with van der Waals surface area (Å²) in [4.78, 5) is 17.3. The van der Waals surface area contributed by atoms with Crippen LogP contribution in [0.4, 0.5) is 0 Å². The van der Waals surface area contributed by atoms with Gasteiger partial charge in [0.05, 0.1) is 0 Å². The second-order valence-electron chi connectivity index (χ2n) is 6.99. The molecule has 0 spiro atoms. The van der Waals surface area contributed by atoms with Crippen molar-refractivity contribution in [3.8, 4) is 10.6 Å². The Morgan fingerprint density at radius 1 is 1.14 bits per heavy atom. The van der Waals surface area contributed by atoms with Crippen LogP contribution in [-0.4, -0.2) is 30.6 Å². The van der Waals surface area contributed by atoms with Gasteiger partial charge in [-0.3, -0.25) is 4.79 Å². The Bertz CT molecular complexity index is 952. The summed E-state index contributed by atoms with van der Waals surface area (Å²) in [7, 11) is 0. The number of benzene rings is 2. The number of carbonyl (C=O) groups excluding carboxylic acids is 1. The summed E-state index contributed by atoms with van der Waals surface area (Å²) in [6, 6.07) is 17.9. The minimum absolute atomic E-state index is 0.0963. The molecule has 0 saturated carbocycles. The molecule has 28 heavy (non-hydrogen) atoms. The molecule has 1 aliphatic rings. The smallest absolute Gasteiger partial charge is 0.270 e. The van der Waals surface area contributed by atoms with Crippen LogP contribution in [-0.2, 0) is 10.2 Å². The minimum atomic E-state index is -0.147. The van der Waals surface area contributed by atoms with E-state index in [0.717, 1.165) is 23.4 Å². The molecule has 0 bridgehead atoms. The highest BCUT2D eigenvalue weighted by Gasteiger charge is 2.35. The van der Waals surface area contributed by atoms with Crippen LogP contribution in [0, 0.1) is 0 Å². The number of nitrogens with one attached hydrogen (secondary N) is 1. The van der Waals surface area contributed by atoms with Crippen molar-refractivity contribution in [1.29, 1.82) is 0 Å². The molecule has 2 heterocycles. The van der Waals surface area contributed by atoms with Gasteiger partial charge >= 0.3 is 0 Å². The number of rotatable bonds is 5. The van der Waals surface area contributed by atoms with Crippen LogP contribution in [0.5, 0.6) is 0 Å². The van der Waals surface area contributed by atoms with Crippen molar-refractivity contribution in [2.45, 2.75) is 18.3 Å². The molecular formula is C22H21ClN2O2S. The third-order valence-corrected chi connectivity index (χ3v) is 6.36. The van der Waals surface area contributed by atoms with Crippen LogP contribution in [0.3, 0.4) is 0 Å². The molecule has 0 aliphatic carbocycles. The first kappa shape index (κ1) is 19.1. The van der Waals surface area contributed by atoms with E-state index in [0.29, 0.717) is 30.5 Å². The van der Waals surface area contributed by atoms with E-state index in [2.05, 4.69) is 22.4 Å². The average Bonchev–Trinajstić information content (AvgIpc) is 3.24. The van der Waals surface area contributed by atoms with Gasteiger partial charge in [-0.2, -0.15) is 0 Å². The van der Waals surface area contributed by atoms with Crippen LogP contribution >= 0.6 is 22.9 Å². The highest BCUT2D eigenvalue weighted by atomic mass is 35.5. The van der Waals surface area contributed by atoms with Crippen LogP contribution in [0.1, 0.15) is 28.9 Å². The summed E-state index contributed by atoms with van der Waals surface area (Å²) >= 11 is 7.51. The van der Waals surface area contributed by atoms with Gasteiger partial charge in [0.25, 0.3) is 5.91 Å². The zero-order chi connectivity index (χ0) is 19.4. The third kappa shape index (κ3) is 4.12. The maximum atomic E-state index is 12.7.